The van der Waals surface area contributed by atoms with Gasteiger partial charge in [-0.3, -0.25) is 4.79 Å². The van der Waals surface area contributed by atoms with E-state index in [1.54, 1.807) is 12.1 Å². The Morgan fingerprint density at radius 1 is 1.53 bits per heavy atom. The van der Waals surface area contributed by atoms with E-state index in [9.17, 15) is 4.79 Å². The summed E-state index contributed by atoms with van der Waals surface area (Å²) < 4.78 is 0. The smallest absolute Gasteiger partial charge is 0.251 e. The molecule has 1 amide bonds. The van der Waals surface area contributed by atoms with Gasteiger partial charge in [-0.25, -0.2) is 0 Å². The monoisotopic (exact) mass is 252 g/mol. The van der Waals surface area contributed by atoms with Gasteiger partial charge in [-0.1, -0.05) is 6.92 Å². The van der Waals surface area contributed by atoms with Crippen LogP contribution < -0.4 is 11.1 Å². The van der Waals surface area contributed by atoms with Gasteiger partial charge < -0.3 is 11.1 Å². The standard InChI is InChI=1S/C13H20N2OS/c1-9-8-11(14)4-5-12(9)13(16)15-7-6-10(2)17-3/h4-5,8,10H,6-7,14H2,1-3H3,(H,15,16). The Balaban J connectivity index is 2.52. The molecule has 0 saturated carbocycles. The Morgan fingerprint density at radius 3 is 2.82 bits per heavy atom. The van der Waals surface area contributed by atoms with E-state index in [1.165, 1.54) is 0 Å². The van der Waals surface area contributed by atoms with Crippen LogP contribution in [0.3, 0.4) is 0 Å². The van der Waals surface area contributed by atoms with Crippen LogP contribution in [0.25, 0.3) is 0 Å². The number of benzene rings is 1. The molecule has 1 unspecified atom stereocenters. The van der Waals surface area contributed by atoms with Crippen molar-refractivity contribution in [2.45, 2.75) is 25.5 Å². The van der Waals surface area contributed by atoms with Crippen LogP contribution in [0.2, 0.25) is 0 Å². The largest absolute Gasteiger partial charge is 0.399 e. The summed E-state index contributed by atoms with van der Waals surface area (Å²) in [5.41, 5.74) is 7.96. The van der Waals surface area contributed by atoms with Crippen LogP contribution in [-0.4, -0.2) is 24.0 Å². The quantitative estimate of drug-likeness (QED) is 0.791. The maximum absolute atomic E-state index is 11.9. The number of rotatable bonds is 5. The van der Waals surface area contributed by atoms with Crippen molar-refractivity contribution in [3.8, 4) is 0 Å². The van der Waals surface area contributed by atoms with Crippen LogP contribution in [0.15, 0.2) is 18.2 Å². The van der Waals surface area contributed by atoms with E-state index in [4.69, 9.17) is 5.73 Å². The number of carbonyl (C=O) groups excluding carboxylic acids is 1. The van der Waals surface area contributed by atoms with Crippen LogP contribution in [0, 0.1) is 6.92 Å². The third kappa shape index (κ3) is 4.30. The van der Waals surface area contributed by atoms with Crippen molar-refractivity contribution in [1.82, 2.24) is 5.32 Å². The van der Waals surface area contributed by atoms with Gasteiger partial charge in [-0.2, -0.15) is 11.8 Å². The minimum atomic E-state index is -0.0178. The number of nitrogens with one attached hydrogen (secondary N) is 1. The van der Waals surface area contributed by atoms with Gasteiger partial charge in [0.05, 0.1) is 0 Å². The number of carbonyl (C=O) groups is 1. The number of hydrogen-bond donors (Lipinski definition) is 2. The lowest BCUT2D eigenvalue weighted by molar-refractivity contribution is 0.0953. The second-order valence-electron chi connectivity index (χ2n) is 4.17. The minimum Gasteiger partial charge on any atom is -0.399 e. The predicted molar refractivity (Wildman–Crippen MR) is 75.5 cm³/mol. The Kier molecular flexibility index (Phi) is 5.35. The highest BCUT2D eigenvalue weighted by atomic mass is 32.2. The average Bonchev–Trinajstić information content (AvgIpc) is 2.28. The lowest BCUT2D eigenvalue weighted by Crippen LogP contribution is -2.26. The molecular formula is C13H20N2OS. The van der Waals surface area contributed by atoms with Crippen LogP contribution in [-0.2, 0) is 0 Å². The van der Waals surface area contributed by atoms with Crippen LogP contribution in [0.4, 0.5) is 5.69 Å². The van der Waals surface area contributed by atoms with Crippen molar-refractivity contribution < 1.29 is 4.79 Å². The summed E-state index contributed by atoms with van der Waals surface area (Å²) in [5.74, 6) is -0.0178. The molecule has 1 aromatic carbocycles. The number of amides is 1. The van der Waals surface area contributed by atoms with Gasteiger partial charge in [0.25, 0.3) is 5.91 Å². The molecule has 0 bridgehead atoms. The fraction of sp³-hybridized carbons (Fsp3) is 0.462. The van der Waals surface area contributed by atoms with Crippen LogP contribution in [0.1, 0.15) is 29.3 Å². The highest BCUT2D eigenvalue weighted by molar-refractivity contribution is 7.99. The van der Waals surface area contributed by atoms with Gasteiger partial charge in [-0.15, -0.1) is 0 Å². The van der Waals surface area contributed by atoms with Gasteiger partial charge in [-0.05, 0) is 43.4 Å². The zero-order chi connectivity index (χ0) is 12.8. The lowest BCUT2D eigenvalue weighted by atomic mass is 10.1. The van der Waals surface area contributed by atoms with Crippen molar-refractivity contribution in [3.05, 3.63) is 29.3 Å². The summed E-state index contributed by atoms with van der Waals surface area (Å²) in [6.07, 6.45) is 3.07. The molecule has 0 spiro atoms. The first-order chi connectivity index (χ1) is 8.04. The third-order valence-electron chi connectivity index (χ3n) is 2.73. The third-order valence-corrected chi connectivity index (χ3v) is 3.77. The SMILES string of the molecule is CSC(C)CCNC(=O)c1ccc(N)cc1C. The van der Waals surface area contributed by atoms with Crippen molar-refractivity contribution in [1.29, 1.82) is 0 Å². The van der Waals surface area contributed by atoms with Crippen molar-refractivity contribution in [3.63, 3.8) is 0 Å². The molecule has 0 aliphatic heterocycles. The second kappa shape index (κ2) is 6.55. The van der Waals surface area contributed by atoms with E-state index in [-0.39, 0.29) is 5.91 Å². The summed E-state index contributed by atoms with van der Waals surface area (Å²) in [7, 11) is 0. The number of thioether (sulfide) groups is 1. The zero-order valence-corrected chi connectivity index (χ0v) is 11.4. The molecule has 3 N–H and O–H groups in total. The van der Waals surface area contributed by atoms with Gasteiger partial charge in [0.15, 0.2) is 0 Å². The average molecular weight is 252 g/mol. The number of hydrogen-bond acceptors (Lipinski definition) is 3. The van der Waals surface area contributed by atoms with Crippen molar-refractivity contribution in [2.24, 2.45) is 0 Å². The van der Waals surface area contributed by atoms with Gasteiger partial charge >= 0.3 is 0 Å². The molecule has 3 nitrogen and oxygen atoms in total. The molecule has 17 heavy (non-hydrogen) atoms. The fourth-order valence-electron chi connectivity index (χ4n) is 1.54. The van der Waals surface area contributed by atoms with Crippen molar-refractivity contribution >= 4 is 23.4 Å². The first-order valence-corrected chi connectivity index (χ1v) is 7.00. The van der Waals surface area contributed by atoms with E-state index in [0.717, 1.165) is 12.0 Å². The molecular weight excluding hydrogens is 232 g/mol. The highest BCUT2D eigenvalue weighted by Gasteiger charge is 2.08. The molecule has 1 rings (SSSR count). The second-order valence-corrected chi connectivity index (χ2v) is 5.44. The molecule has 1 atom stereocenters. The van der Waals surface area contributed by atoms with E-state index in [1.807, 2.05) is 24.8 Å². The predicted octanol–water partition coefficient (Wildman–Crippen LogP) is 2.45. The molecule has 0 aromatic heterocycles. The molecule has 1 aromatic rings. The Morgan fingerprint density at radius 2 is 2.24 bits per heavy atom. The van der Waals surface area contributed by atoms with E-state index in [2.05, 4.69) is 18.5 Å². The molecule has 0 radical (unpaired) electrons. The van der Waals surface area contributed by atoms with Crippen LogP contribution in [0.5, 0.6) is 0 Å². The Hall–Kier alpha value is -1.16. The summed E-state index contributed by atoms with van der Waals surface area (Å²) in [5, 5.41) is 3.50. The fourth-order valence-corrected chi connectivity index (χ4v) is 1.90. The summed E-state index contributed by atoms with van der Waals surface area (Å²) in [4.78, 5) is 11.9. The molecule has 0 aliphatic rings. The molecule has 0 fully saturated rings. The van der Waals surface area contributed by atoms with Gasteiger partial charge in [0.1, 0.15) is 0 Å². The number of aryl methyl sites for hydroxylation is 1. The van der Waals surface area contributed by atoms with Crippen molar-refractivity contribution in [2.75, 3.05) is 18.5 Å². The zero-order valence-electron chi connectivity index (χ0n) is 10.6. The van der Waals surface area contributed by atoms with E-state index < -0.39 is 0 Å². The summed E-state index contributed by atoms with van der Waals surface area (Å²) >= 11 is 1.81. The first-order valence-electron chi connectivity index (χ1n) is 5.71. The molecule has 94 valence electrons. The topological polar surface area (TPSA) is 55.1 Å². The molecule has 0 saturated heterocycles. The van der Waals surface area contributed by atoms with E-state index >= 15 is 0 Å². The Labute approximate surface area is 107 Å². The molecule has 4 heteroatoms. The number of nitrogen functional groups attached to an aromatic ring is 1. The first kappa shape index (κ1) is 13.9. The summed E-state index contributed by atoms with van der Waals surface area (Å²) in [6, 6.07) is 5.35. The number of nitrogens with two attached hydrogens (primary N) is 1. The van der Waals surface area contributed by atoms with E-state index in [0.29, 0.717) is 23.0 Å². The normalized spacial score (nSPS) is 12.2. The molecule has 0 aliphatic carbocycles. The highest BCUT2D eigenvalue weighted by Crippen LogP contribution is 2.12. The lowest BCUT2D eigenvalue weighted by Gasteiger charge is -2.10. The van der Waals surface area contributed by atoms with Crippen LogP contribution >= 0.6 is 11.8 Å². The summed E-state index contributed by atoms with van der Waals surface area (Å²) in [6.45, 7) is 4.77. The Bertz CT molecular complexity index is 393. The minimum absolute atomic E-state index is 0.0178. The maximum Gasteiger partial charge on any atom is 0.251 e. The number of anilines is 1. The maximum atomic E-state index is 11.9. The van der Waals surface area contributed by atoms with Gasteiger partial charge in [0, 0.05) is 23.0 Å². The molecule has 0 heterocycles. The van der Waals surface area contributed by atoms with Gasteiger partial charge in [0.2, 0.25) is 0 Å².